The predicted octanol–water partition coefficient (Wildman–Crippen LogP) is 2.47. The number of nitrogens with zero attached hydrogens (tertiary/aromatic N) is 4. The van der Waals surface area contributed by atoms with Crippen LogP contribution in [0.25, 0.3) is 0 Å². The second-order valence-electron chi connectivity index (χ2n) is 8.60. The largest absolute Gasteiger partial charge is 0.356 e. The Balaban J connectivity index is 1.35. The highest BCUT2D eigenvalue weighted by Gasteiger charge is 2.26. The summed E-state index contributed by atoms with van der Waals surface area (Å²) in [4.78, 5) is 14.6. The summed E-state index contributed by atoms with van der Waals surface area (Å²) < 4.78 is 0. The van der Waals surface area contributed by atoms with E-state index in [1.165, 1.54) is 57.1 Å². The summed E-state index contributed by atoms with van der Waals surface area (Å²) in [6.07, 6.45) is 10.7. The molecular weight excluding hydrogens is 336 g/mol. The second-order valence-corrected chi connectivity index (χ2v) is 8.60. The Morgan fingerprint density at radius 3 is 2.26 bits per heavy atom. The number of nitrogens with one attached hydrogen (secondary N) is 1. The van der Waals surface area contributed by atoms with E-state index in [4.69, 9.17) is 15.7 Å². The van der Waals surface area contributed by atoms with Gasteiger partial charge in [0.25, 0.3) is 0 Å². The second kappa shape index (κ2) is 8.74. The van der Waals surface area contributed by atoms with Crippen LogP contribution in [0.3, 0.4) is 0 Å². The van der Waals surface area contributed by atoms with Crippen molar-refractivity contribution in [3.8, 4) is 0 Å². The van der Waals surface area contributed by atoms with Crippen molar-refractivity contribution in [2.45, 2.75) is 82.8 Å². The molecule has 3 aliphatic rings. The van der Waals surface area contributed by atoms with Gasteiger partial charge in [0, 0.05) is 56.1 Å². The molecule has 27 heavy (non-hydrogen) atoms. The first-order valence-electron chi connectivity index (χ1n) is 11.1. The van der Waals surface area contributed by atoms with Crippen molar-refractivity contribution < 1.29 is 0 Å². The number of rotatable bonds is 5. The number of nitrogens with two attached hydrogens (primary N) is 1. The van der Waals surface area contributed by atoms with Crippen LogP contribution in [0.5, 0.6) is 0 Å². The molecule has 1 aromatic rings. The SMILES string of the molecule is CCc1cc(N2CCC(NC3CCC(N)CC3)CC2)nc(N2CCCC2)n1. The van der Waals surface area contributed by atoms with Crippen molar-refractivity contribution in [2.75, 3.05) is 36.0 Å². The number of hydrogen-bond acceptors (Lipinski definition) is 6. The first kappa shape index (κ1) is 18.9. The summed E-state index contributed by atoms with van der Waals surface area (Å²) in [5.74, 6) is 2.08. The van der Waals surface area contributed by atoms with Crippen molar-refractivity contribution >= 4 is 11.8 Å². The first-order chi connectivity index (χ1) is 13.2. The van der Waals surface area contributed by atoms with E-state index in [1.807, 2.05) is 0 Å². The summed E-state index contributed by atoms with van der Waals surface area (Å²) in [6.45, 7) is 6.56. The van der Waals surface area contributed by atoms with Crippen LogP contribution in [0.15, 0.2) is 6.07 Å². The molecule has 4 rings (SSSR count). The van der Waals surface area contributed by atoms with Gasteiger partial charge in [-0.2, -0.15) is 4.98 Å². The fourth-order valence-electron chi connectivity index (χ4n) is 4.77. The van der Waals surface area contributed by atoms with Gasteiger partial charge in [-0.05, 0) is 57.8 Å². The summed E-state index contributed by atoms with van der Waals surface area (Å²) >= 11 is 0. The standard InChI is InChI=1S/C21H36N6/c1-2-17-15-20(25-21(24-17)27-11-3-4-12-27)26-13-9-19(10-14-26)23-18-7-5-16(22)6-8-18/h15-16,18-19,23H,2-14,22H2,1H3. The molecule has 0 bridgehead atoms. The molecule has 0 amide bonds. The number of hydrogen-bond donors (Lipinski definition) is 2. The normalized spacial score (nSPS) is 27.3. The minimum atomic E-state index is 0.431. The van der Waals surface area contributed by atoms with Crippen LogP contribution in [-0.4, -0.2) is 54.3 Å². The van der Waals surface area contributed by atoms with Crippen molar-refractivity contribution in [1.82, 2.24) is 15.3 Å². The summed E-state index contributed by atoms with van der Waals surface area (Å²) in [5.41, 5.74) is 7.21. The van der Waals surface area contributed by atoms with Gasteiger partial charge >= 0.3 is 0 Å². The Morgan fingerprint density at radius 2 is 1.59 bits per heavy atom. The third-order valence-electron chi connectivity index (χ3n) is 6.57. The molecule has 6 heteroatoms. The van der Waals surface area contributed by atoms with Crippen LogP contribution >= 0.6 is 0 Å². The molecule has 2 aliphatic heterocycles. The van der Waals surface area contributed by atoms with Gasteiger partial charge in [-0.3, -0.25) is 0 Å². The lowest BCUT2D eigenvalue weighted by atomic mass is 9.90. The molecule has 0 aromatic carbocycles. The summed E-state index contributed by atoms with van der Waals surface area (Å²) in [6, 6.07) is 3.95. The number of anilines is 2. The van der Waals surface area contributed by atoms with Crippen molar-refractivity contribution in [1.29, 1.82) is 0 Å². The van der Waals surface area contributed by atoms with Gasteiger partial charge in [0.2, 0.25) is 5.95 Å². The molecule has 0 radical (unpaired) electrons. The van der Waals surface area contributed by atoms with Crippen LogP contribution < -0.4 is 20.9 Å². The molecule has 0 unspecified atom stereocenters. The Morgan fingerprint density at radius 1 is 0.926 bits per heavy atom. The Labute approximate surface area is 163 Å². The molecule has 2 saturated heterocycles. The molecule has 6 nitrogen and oxygen atoms in total. The molecule has 3 fully saturated rings. The summed E-state index contributed by atoms with van der Waals surface area (Å²) in [5, 5.41) is 3.91. The van der Waals surface area contributed by atoms with Gasteiger partial charge in [0.05, 0.1) is 0 Å². The molecule has 1 saturated carbocycles. The predicted molar refractivity (Wildman–Crippen MR) is 111 cm³/mol. The molecule has 0 atom stereocenters. The molecule has 3 heterocycles. The summed E-state index contributed by atoms with van der Waals surface area (Å²) in [7, 11) is 0. The first-order valence-corrected chi connectivity index (χ1v) is 11.1. The van der Waals surface area contributed by atoms with Gasteiger partial charge in [-0.25, -0.2) is 4.98 Å². The van der Waals surface area contributed by atoms with E-state index >= 15 is 0 Å². The minimum absolute atomic E-state index is 0.431. The van der Waals surface area contributed by atoms with Crippen LogP contribution in [0, 0.1) is 0 Å². The van der Waals surface area contributed by atoms with E-state index in [-0.39, 0.29) is 0 Å². The molecule has 3 N–H and O–H groups in total. The minimum Gasteiger partial charge on any atom is -0.356 e. The number of aromatic nitrogens is 2. The third kappa shape index (κ3) is 4.72. The molecule has 0 spiro atoms. The topological polar surface area (TPSA) is 70.3 Å². The van der Waals surface area contributed by atoms with E-state index in [2.05, 4.69) is 28.1 Å². The Kier molecular flexibility index (Phi) is 6.13. The molecule has 1 aromatic heterocycles. The lowest BCUT2D eigenvalue weighted by Gasteiger charge is -2.37. The number of aryl methyl sites for hydroxylation is 1. The fourth-order valence-corrected chi connectivity index (χ4v) is 4.77. The Hall–Kier alpha value is -1.40. The average molecular weight is 373 g/mol. The molecule has 1 aliphatic carbocycles. The third-order valence-corrected chi connectivity index (χ3v) is 6.57. The van der Waals surface area contributed by atoms with Crippen LogP contribution in [0.1, 0.15) is 64.0 Å². The highest BCUT2D eigenvalue weighted by molar-refractivity contribution is 5.47. The zero-order valence-electron chi connectivity index (χ0n) is 16.9. The quantitative estimate of drug-likeness (QED) is 0.827. The maximum absolute atomic E-state index is 6.04. The van der Waals surface area contributed by atoms with Gasteiger partial charge in [0.1, 0.15) is 5.82 Å². The molecule has 150 valence electrons. The smallest absolute Gasteiger partial charge is 0.227 e. The monoisotopic (exact) mass is 372 g/mol. The highest BCUT2D eigenvalue weighted by atomic mass is 15.3. The van der Waals surface area contributed by atoms with E-state index in [1.54, 1.807) is 0 Å². The maximum atomic E-state index is 6.04. The van der Waals surface area contributed by atoms with Crippen LogP contribution in [-0.2, 0) is 6.42 Å². The van der Waals surface area contributed by atoms with E-state index < -0.39 is 0 Å². The van der Waals surface area contributed by atoms with Crippen LogP contribution in [0.4, 0.5) is 11.8 Å². The van der Waals surface area contributed by atoms with Gasteiger partial charge in [-0.1, -0.05) is 6.92 Å². The van der Waals surface area contributed by atoms with Crippen molar-refractivity contribution in [3.05, 3.63) is 11.8 Å². The lowest BCUT2D eigenvalue weighted by Crippen LogP contribution is -2.48. The van der Waals surface area contributed by atoms with Gasteiger partial charge < -0.3 is 20.9 Å². The van der Waals surface area contributed by atoms with Gasteiger partial charge in [0.15, 0.2) is 0 Å². The average Bonchev–Trinajstić information content (AvgIpc) is 3.25. The van der Waals surface area contributed by atoms with Crippen molar-refractivity contribution in [2.24, 2.45) is 5.73 Å². The Bertz CT molecular complexity index is 599. The maximum Gasteiger partial charge on any atom is 0.227 e. The highest BCUT2D eigenvalue weighted by Crippen LogP contribution is 2.25. The van der Waals surface area contributed by atoms with Crippen LogP contribution in [0.2, 0.25) is 0 Å². The van der Waals surface area contributed by atoms with Gasteiger partial charge in [-0.15, -0.1) is 0 Å². The number of piperidine rings is 1. The molecular formula is C21H36N6. The van der Waals surface area contributed by atoms with E-state index in [0.717, 1.165) is 44.4 Å². The zero-order valence-corrected chi connectivity index (χ0v) is 16.9. The fraction of sp³-hybridized carbons (Fsp3) is 0.810. The van der Waals surface area contributed by atoms with E-state index in [9.17, 15) is 0 Å². The zero-order chi connectivity index (χ0) is 18.6. The lowest BCUT2D eigenvalue weighted by molar-refractivity contribution is 0.292. The van der Waals surface area contributed by atoms with Crippen molar-refractivity contribution in [3.63, 3.8) is 0 Å². The van der Waals surface area contributed by atoms with E-state index in [0.29, 0.717) is 18.1 Å².